The van der Waals surface area contributed by atoms with Gasteiger partial charge < -0.3 is 31.6 Å². The Kier molecular flexibility index (Phi) is 10.3. The maximum absolute atomic E-state index is 11.2. The molecular weight excluding hydrogens is 380 g/mol. The Morgan fingerprint density at radius 1 is 1.37 bits per heavy atom. The van der Waals surface area contributed by atoms with Gasteiger partial charge in [-0.1, -0.05) is 38.5 Å². The number of nitrogens with one attached hydrogen (secondary N) is 1. The second-order valence-electron chi connectivity index (χ2n) is 7.05. The number of carbonyl (C=O) groups is 1. The molecule has 1 aromatic heterocycles. The van der Waals surface area contributed by atoms with Crippen LogP contribution in [0.15, 0.2) is 43.1 Å². The van der Waals surface area contributed by atoms with Crippen molar-refractivity contribution in [3.8, 4) is 5.75 Å². The summed E-state index contributed by atoms with van der Waals surface area (Å²) in [7, 11) is 1.70. The van der Waals surface area contributed by atoms with Crippen LogP contribution in [0.2, 0.25) is 0 Å². The van der Waals surface area contributed by atoms with Gasteiger partial charge in [-0.2, -0.15) is 0 Å². The number of unbranched alkanes of at least 4 members (excludes halogenated alkanes) is 1. The summed E-state index contributed by atoms with van der Waals surface area (Å²) < 4.78 is 0. The number of aliphatic hydroxyl groups is 1. The zero-order chi connectivity index (χ0) is 22.7. The third-order valence-electron chi connectivity index (χ3n) is 4.85. The molecule has 0 radical (unpaired) electrons. The summed E-state index contributed by atoms with van der Waals surface area (Å²) >= 11 is 0. The summed E-state index contributed by atoms with van der Waals surface area (Å²) in [5.74, 6) is 0.601. The minimum Gasteiger partial charge on any atom is -0.507 e. The lowest BCUT2D eigenvalue weighted by atomic mass is 10.1. The fourth-order valence-corrected chi connectivity index (χ4v) is 2.87. The second kappa shape index (κ2) is 12.4. The number of likely N-dealkylation sites (N-methyl/N-ethyl adjacent to an activating group) is 1. The molecule has 164 valence electrons. The highest BCUT2D eigenvalue weighted by Crippen LogP contribution is 2.25. The number of benzene rings is 1. The van der Waals surface area contributed by atoms with E-state index >= 15 is 0 Å². The molecule has 0 unspecified atom stereocenters. The van der Waals surface area contributed by atoms with Crippen LogP contribution in [0.25, 0.3) is 11.8 Å². The molecule has 0 spiro atoms. The van der Waals surface area contributed by atoms with Gasteiger partial charge in [0.15, 0.2) is 0 Å². The van der Waals surface area contributed by atoms with E-state index in [2.05, 4.69) is 18.5 Å². The van der Waals surface area contributed by atoms with Crippen LogP contribution in [0, 0.1) is 6.92 Å². The third kappa shape index (κ3) is 7.00. The Morgan fingerprint density at radius 3 is 2.53 bits per heavy atom. The van der Waals surface area contributed by atoms with Gasteiger partial charge in [-0.05, 0) is 43.2 Å². The summed E-state index contributed by atoms with van der Waals surface area (Å²) in [5, 5.41) is 18.7. The van der Waals surface area contributed by atoms with Crippen molar-refractivity contribution in [3.05, 3.63) is 59.8 Å². The maximum Gasteiger partial charge on any atom is 0.246 e. The first-order valence-electron chi connectivity index (χ1n) is 9.95. The molecule has 0 saturated heterocycles. The number of aryl methyl sites for hydroxylation is 1. The number of aliphatic hydroxyl groups excluding tert-OH is 1. The molecule has 0 saturated carbocycles. The lowest BCUT2D eigenvalue weighted by molar-refractivity contribution is -0.127. The number of aromatic nitrogens is 1. The van der Waals surface area contributed by atoms with Gasteiger partial charge in [-0.25, -0.2) is 0 Å². The van der Waals surface area contributed by atoms with Crippen molar-refractivity contribution < 1.29 is 15.0 Å². The van der Waals surface area contributed by atoms with Crippen LogP contribution in [0.3, 0.4) is 0 Å². The number of aromatic hydroxyl groups is 1. The topological polar surface area (TPSA) is 129 Å². The molecule has 1 aromatic carbocycles. The van der Waals surface area contributed by atoms with Crippen LogP contribution < -0.4 is 11.5 Å². The molecule has 0 aliphatic heterocycles. The number of nitrogens with two attached hydrogens (primary N) is 2. The van der Waals surface area contributed by atoms with Gasteiger partial charge >= 0.3 is 0 Å². The standard InChI is InChI=1S/C13H15N3O.C10H19NO2/c1-8-7-16-13(15)10(8)6-11(14)9-4-2-3-5-12(9)17;1-4-6-7-9(8-12)11(3)10(13)5-2/h2-7,16-17H,14-15H2,1H3;5,9,12H,2,4,6-8H2,1,3H3/b11-6-;/t;9-/m.1/s1. The van der Waals surface area contributed by atoms with Crippen molar-refractivity contribution in [1.82, 2.24) is 9.88 Å². The summed E-state index contributed by atoms with van der Waals surface area (Å²) in [6, 6.07) is 6.87. The lowest BCUT2D eigenvalue weighted by Crippen LogP contribution is -2.38. The number of hydrogen-bond acceptors (Lipinski definition) is 5. The lowest BCUT2D eigenvalue weighted by Gasteiger charge is -2.25. The van der Waals surface area contributed by atoms with Crippen molar-refractivity contribution in [2.24, 2.45) is 5.73 Å². The van der Waals surface area contributed by atoms with Crippen LogP contribution in [0.5, 0.6) is 5.75 Å². The zero-order valence-corrected chi connectivity index (χ0v) is 18.1. The van der Waals surface area contributed by atoms with Crippen molar-refractivity contribution in [1.29, 1.82) is 0 Å². The van der Waals surface area contributed by atoms with E-state index in [1.165, 1.54) is 6.08 Å². The molecule has 7 N–H and O–H groups in total. The van der Waals surface area contributed by atoms with E-state index < -0.39 is 0 Å². The van der Waals surface area contributed by atoms with Crippen LogP contribution in [0.1, 0.15) is 42.9 Å². The van der Waals surface area contributed by atoms with Gasteiger partial charge in [-0.3, -0.25) is 4.79 Å². The highest BCUT2D eigenvalue weighted by molar-refractivity contribution is 5.87. The number of amides is 1. The number of hydrogen-bond donors (Lipinski definition) is 5. The fraction of sp³-hybridized carbons (Fsp3) is 0.348. The molecule has 2 rings (SSSR count). The van der Waals surface area contributed by atoms with Gasteiger partial charge in [-0.15, -0.1) is 0 Å². The van der Waals surface area contributed by atoms with Crippen molar-refractivity contribution in [2.45, 2.75) is 39.2 Å². The number of aromatic amines is 1. The smallest absolute Gasteiger partial charge is 0.246 e. The Balaban J connectivity index is 0.000000314. The number of para-hydroxylation sites is 1. The third-order valence-corrected chi connectivity index (χ3v) is 4.85. The number of anilines is 1. The predicted octanol–water partition coefficient (Wildman–Crippen LogP) is 3.25. The first kappa shape index (κ1) is 24.8. The van der Waals surface area contributed by atoms with Crippen LogP contribution >= 0.6 is 0 Å². The SMILES string of the molecule is C=CC(=O)N(C)[C@@H](CO)CCCC.Cc1c[nH]c(N)c1/C=C(\N)c1ccccc1O. The van der Waals surface area contributed by atoms with E-state index in [-0.39, 0.29) is 24.3 Å². The van der Waals surface area contributed by atoms with Crippen molar-refractivity contribution in [3.63, 3.8) is 0 Å². The number of nitrogen functional groups attached to an aromatic ring is 1. The summed E-state index contributed by atoms with van der Waals surface area (Å²) in [6.07, 6.45) is 7.81. The number of carbonyl (C=O) groups excluding carboxylic acids is 1. The number of phenols is 1. The highest BCUT2D eigenvalue weighted by Gasteiger charge is 2.15. The van der Waals surface area contributed by atoms with Crippen LogP contribution in [-0.4, -0.2) is 45.7 Å². The Hall–Kier alpha value is -3.19. The average Bonchev–Trinajstić information content (AvgIpc) is 3.06. The summed E-state index contributed by atoms with van der Waals surface area (Å²) in [6.45, 7) is 7.46. The van der Waals surface area contributed by atoms with E-state index in [0.717, 1.165) is 30.4 Å². The molecule has 1 atom stereocenters. The zero-order valence-electron chi connectivity index (χ0n) is 18.1. The molecule has 0 aliphatic rings. The van der Waals surface area contributed by atoms with E-state index in [0.29, 0.717) is 17.1 Å². The molecule has 2 aromatic rings. The number of H-pyrrole nitrogens is 1. The van der Waals surface area contributed by atoms with Gasteiger partial charge in [0.25, 0.3) is 0 Å². The van der Waals surface area contributed by atoms with Crippen LogP contribution in [0.4, 0.5) is 5.82 Å². The summed E-state index contributed by atoms with van der Waals surface area (Å²) in [5.41, 5.74) is 14.7. The molecule has 0 aliphatic carbocycles. The Labute approximate surface area is 178 Å². The highest BCUT2D eigenvalue weighted by atomic mass is 16.3. The number of rotatable bonds is 8. The molecule has 7 heteroatoms. The van der Waals surface area contributed by atoms with Crippen LogP contribution in [-0.2, 0) is 4.79 Å². The Bertz CT molecular complexity index is 838. The predicted molar refractivity (Wildman–Crippen MR) is 123 cm³/mol. The Morgan fingerprint density at radius 2 is 2.03 bits per heavy atom. The van der Waals surface area contributed by atoms with Crippen molar-refractivity contribution in [2.75, 3.05) is 19.4 Å². The average molecular weight is 415 g/mol. The monoisotopic (exact) mass is 414 g/mol. The first-order chi connectivity index (χ1) is 14.3. The molecule has 0 fully saturated rings. The van der Waals surface area contributed by atoms with E-state index in [4.69, 9.17) is 16.6 Å². The molecular formula is C23H34N4O3. The van der Waals surface area contributed by atoms with Gasteiger partial charge in [0, 0.05) is 30.1 Å². The normalized spacial score (nSPS) is 11.9. The van der Waals surface area contributed by atoms with E-state index in [9.17, 15) is 9.90 Å². The molecule has 1 amide bonds. The second-order valence-corrected chi connectivity index (χ2v) is 7.05. The largest absolute Gasteiger partial charge is 0.507 e. The van der Waals surface area contributed by atoms with Gasteiger partial charge in [0.2, 0.25) is 5.91 Å². The van der Waals surface area contributed by atoms with E-state index in [1.807, 2.05) is 19.2 Å². The minimum atomic E-state index is -0.129. The quantitative estimate of drug-likeness (QED) is 0.424. The molecule has 0 bridgehead atoms. The minimum absolute atomic E-state index is 0.0239. The van der Waals surface area contributed by atoms with E-state index in [1.54, 1.807) is 36.2 Å². The van der Waals surface area contributed by atoms with Crippen molar-refractivity contribution >= 4 is 23.5 Å². The van der Waals surface area contributed by atoms with Gasteiger partial charge in [0.05, 0.1) is 12.6 Å². The maximum atomic E-state index is 11.2. The number of nitrogens with zero attached hydrogens (tertiary/aromatic N) is 1. The molecule has 7 nitrogen and oxygen atoms in total. The first-order valence-corrected chi connectivity index (χ1v) is 9.95. The molecule has 30 heavy (non-hydrogen) atoms. The fourth-order valence-electron chi connectivity index (χ4n) is 2.87. The summed E-state index contributed by atoms with van der Waals surface area (Å²) in [4.78, 5) is 15.6. The van der Waals surface area contributed by atoms with Gasteiger partial charge in [0.1, 0.15) is 11.6 Å². The number of phenolic OH excluding ortho intramolecular Hbond substituents is 1. The molecule has 1 heterocycles.